The summed E-state index contributed by atoms with van der Waals surface area (Å²) in [6, 6.07) is 3.23. The molecule has 0 amide bonds. The molecule has 5 heteroatoms. The Bertz CT molecular complexity index is 615. The average molecular weight is 294 g/mol. The molecule has 0 aliphatic rings. The highest BCUT2D eigenvalue weighted by Gasteiger charge is 2.22. The van der Waals surface area contributed by atoms with Crippen LogP contribution in [0.25, 0.3) is 0 Å². The highest BCUT2D eigenvalue weighted by atomic mass is 32.2. The van der Waals surface area contributed by atoms with E-state index in [1.165, 1.54) is 0 Å². The minimum Gasteiger partial charge on any atom is -0.398 e. The van der Waals surface area contributed by atoms with Gasteiger partial charge in [0.2, 0.25) is 10.0 Å². The zero-order valence-corrected chi connectivity index (χ0v) is 13.0. The number of terminal acetylenes is 1. The molecule has 20 heavy (non-hydrogen) atoms. The minimum atomic E-state index is -3.61. The van der Waals surface area contributed by atoms with Gasteiger partial charge in [-0.15, -0.1) is 12.3 Å². The topological polar surface area (TPSA) is 72.2 Å². The zero-order chi connectivity index (χ0) is 15.3. The molecule has 0 saturated carbocycles. The number of nitrogens with two attached hydrogens (primary N) is 1. The lowest BCUT2D eigenvalue weighted by atomic mass is 10.1. The Morgan fingerprint density at radius 3 is 2.50 bits per heavy atom. The number of aryl methyl sites for hydroxylation is 1. The van der Waals surface area contributed by atoms with Gasteiger partial charge in [0, 0.05) is 18.2 Å². The second-order valence-electron chi connectivity index (χ2n) is 4.80. The van der Waals surface area contributed by atoms with Crippen molar-refractivity contribution in [3.05, 3.63) is 23.3 Å². The second kappa shape index (κ2) is 6.78. The molecule has 1 atom stereocenters. The van der Waals surface area contributed by atoms with E-state index in [0.29, 0.717) is 24.1 Å². The van der Waals surface area contributed by atoms with E-state index in [-0.39, 0.29) is 10.9 Å². The number of nitrogens with one attached hydrogen (secondary N) is 1. The molecule has 0 saturated heterocycles. The fourth-order valence-electron chi connectivity index (χ4n) is 2.10. The highest BCUT2D eigenvalue weighted by Crippen LogP contribution is 2.25. The maximum atomic E-state index is 12.5. The first kappa shape index (κ1) is 16.5. The number of hydrogen-bond acceptors (Lipinski definition) is 3. The van der Waals surface area contributed by atoms with Crippen LogP contribution in [0.4, 0.5) is 5.69 Å². The molecule has 110 valence electrons. The Kier molecular flexibility index (Phi) is 5.61. The molecule has 0 radical (unpaired) electrons. The van der Waals surface area contributed by atoms with Crippen LogP contribution < -0.4 is 10.5 Å². The standard InChI is InChI=1S/C15H22N2O2S/c1-5-8-11(4)17-20(18,19)15-10-12(6-2)9-14(16)13(15)7-3/h1,9-11,17H,6-8,16H2,2-4H3. The summed E-state index contributed by atoms with van der Waals surface area (Å²) in [5.41, 5.74) is 8.06. The number of sulfonamides is 1. The molecule has 0 bridgehead atoms. The van der Waals surface area contributed by atoms with Crippen molar-refractivity contribution in [3.8, 4) is 12.3 Å². The zero-order valence-electron chi connectivity index (χ0n) is 12.2. The molecular formula is C15H22N2O2S. The van der Waals surface area contributed by atoms with E-state index >= 15 is 0 Å². The Hall–Kier alpha value is -1.51. The van der Waals surface area contributed by atoms with Gasteiger partial charge in [0.05, 0.1) is 4.90 Å². The van der Waals surface area contributed by atoms with Crippen molar-refractivity contribution in [2.24, 2.45) is 0 Å². The summed E-state index contributed by atoms with van der Waals surface area (Å²) >= 11 is 0. The molecule has 0 heterocycles. The lowest BCUT2D eigenvalue weighted by molar-refractivity contribution is 0.562. The predicted molar refractivity (Wildman–Crippen MR) is 82.8 cm³/mol. The summed E-state index contributed by atoms with van der Waals surface area (Å²) in [4.78, 5) is 0.265. The Labute approximate surface area is 121 Å². The fourth-order valence-corrected chi connectivity index (χ4v) is 3.73. The quantitative estimate of drug-likeness (QED) is 0.623. The number of nitrogen functional groups attached to an aromatic ring is 1. The maximum absolute atomic E-state index is 12.5. The van der Waals surface area contributed by atoms with Crippen LogP contribution >= 0.6 is 0 Å². The smallest absolute Gasteiger partial charge is 0.241 e. The largest absolute Gasteiger partial charge is 0.398 e. The third kappa shape index (κ3) is 3.75. The van der Waals surface area contributed by atoms with Crippen molar-refractivity contribution in [1.82, 2.24) is 4.72 Å². The molecule has 0 aromatic heterocycles. The van der Waals surface area contributed by atoms with Crippen molar-refractivity contribution < 1.29 is 8.42 Å². The van der Waals surface area contributed by atoms with Crippen LogP contribution in [0.1, 0.15) is 38.3 Å². The van der Waals surface area contributed by atoms with Crippen molar-refractivity contribution >= 4 is 15.7 Å². The fraction of sp³-hybridized carbons (Fsp3) is 0.467. The van der Waals surface area contributed by atoms with Crippen molar-refractivity contribution in [2.75, 3.05) is 5.73 Å². The first-order chi connectivity index (χ1) is 9.35. The van der Waals surface area contributed by atoms with Gasteiger partial charge in [-0.2, -0.15) is 0 Å². The van der Waals surface area contributed by atoms with E-state index in [2.05, 4.69) is 10.6 Å². The summed E-state index contributed by atoms with van der Waals surface area (Å²) in [5.74, 6) is 2.45. The molecule has 1 aromatic rings. The molecular weight excluding hydrogens is 272 g/mol. The molecule has 0 spiro atoms. The van der Waals surface area contributed by atoms with E-state index in [1.54, 1.807) is 13.0 Å². The summed E-state index contributed by atoms with van der Waals surface area (Å²) in [6.45, 7) is 5.60. The average Bonchev–Trinajstić information content (AvgIpc) is 2.37. The van der Waals surface area contributed by atoms with E-state index in [1.807, 2.05) is 19.9 Å². The predicted octanol–water partition coefficient (Wildman–Crippen LogP) is 2.08. The lowest BCUT2D eigenvalue weighted by Crippen LogP contribution is -2.33. The number of hydrogen-bond donors (Lipinski definition) is 2. The molecule has 1 rings (SSSR count). The van der Waals surface area contributed by atoms with Crippen LogP contribution in [-0.4, -0.2) is 14.5 Å². The summed E-state index contributed by atoms with van der Waals surface area (Å²) < 4.78 is 27.6. The Morgan fingerprint density at radius 1 is 1.35 bits per heavy atom. The van der Waals surface area contributed by atoms with Crippen molar-refractivity contribution in [2.45, 2.75) is 51.0 Å². The van der Waals surface area contributed by atoms with Gasteiger partial charge in [-0.25, -0.2) is 13.1 Å². The van der Waals surface area contributed by atoms with Crippen LogP contribution in [0.2, 0.25) is 0 Å². The summed E-state index contributed by atoms with van der Waals surface area (Å²) in [7, 11) is -3.61. The first-order valence-corrected chi connectivity index (χ1v) is 8.21. The SMILES string of the molecule is C#CCC(C)NS(=O)(=O)c1cc(CC)cc(N)c1CC. The van der Waals surface area contributed by atoms with Crippen LogP contribution in [0, 0.1) is 12.3 Å². The molecule has 0 fully saturated rings. The Balaban J connectivity index is 3.30. The summed E-state index contributed by atoms with van der Waals surface area (Å²) in [6.07, 6.45) is 6.86. The Morgan fingerprint density at radius 2 is 2.00 bits per heavy atom. The monoisotopic (exact) mass is 294 g/mol. The van der Waals surface area contributed by atoms with Gasteiger partial charge in [0.25, 0.3) is 0 Å². The van der Waals surface area contributed by atoms with E-state index in [0.717, 1.165) is 12.0 Å². The molecule has 4 nitrogen and oxygen atoms in total. The highest BCUT2D eigenvalue weighted by molar-refractivity contribution is 7.89. The van der Waals surface area contributed by atoms with Gasteiger partial charge in [-0.3, -0.25) is 0 Å². The van der Waals surface area contributed by atoms with E-state index in [9.17, 15) is 8.42 Å². The van der Waals surface area contributed by atoms with Gasteiger partial charge in [-0.1, -0.05) is 13.8 Å². The molecule has 1 unspecified atom stereocenters. The maximum Gasteiger partial charge on any atom is 0.241 e. The third-order valence-corrected chi connectivity index (χ3v) is 4.79. The molecule has 1 aromatic carbocycles. The van der Waals surface area contributed by atoms with Crippen molar-refractivity contribution in [3.63, 3.8) is 0 Å². The van der Waals surface area contributed by atoms with E-state index < -0.39 is 10.0 Å². The molecule has 3 N–H and O–H groups in total. The van der Waals surface area contributed by atoms with Gasteiger partial charge in [-0.05, 0) is 43.0 Å². The van der Waals surface area contributed by atoms with Crippen molar-refractivity contribution in [1.29, 1.82) is 0 Å². The van der Waals surface area contributed by atoms with Crippen LogP contribution in [0.15, 0.2) is 17.0 Å². The van der Waals surface area contributed by atoms with Crippen LogP contribution in [0.5, 0.6) is 0 Å². The first-order valence-electron chi connectivity index (χ1n) is 6.72. The summed E-state index contributed by atoms with van der Waals surface area (Å²) in [5, 5.41) is 0. The van der Waals surface area contributed by atoms with Gasteiger partial charge < -0.3 is 5.73 Å². The number of anilines is 1. The lowest BCUT2D eigenvalue weighted by Gasteiger charge is -2.17. The minimum absolute atomic E-state index is 0.265. The number of benzene rings is 1. The normalized spacial score (nSPS) is 12.9. The molecule has 0 aliphatic heterocycles. The van der Waals surface area contributed by atoms with Crippen LogP contribution in [0.3, 0.4) is 0 Å². The second-order valence-corrected chi connectivity index (χ2v) is 6.48. The third-order valence-electron chi connectivity index (χ3n) is 3.13. The van der Waals surface area contributed by atoms with Crippen LogP contribution in [-0.2, 0) is 22.9 Å². The van der Waals surface area contributed by atoms with Gasteiger partial charge >= 0.3 is 0 Å². The van der Waals surface area contributed by atoms with E-state index in [4.69, 9.17) is 12.2 Å². The van der Waals surface area contributed by atoms with Gasteiger partial charge in [0.1, 0.15) is 0 Å². The van der Waals surface area contributed by atoms with Gasteiger partial charge in [0.15, 0.2) is 0 Å². The number of rotatable bonds is 6. The molecule has 0 aliphatic carbocycles.